The van der Waals surface area contributed by atoms with Gasteiger partial charge in [-0.1, -0.05) is 23.7 Å². The maximum Gasteiger partial charge on any atom is 0.187 e. The molecule has 18 heavy (non-hydrogen) atoms. The van der Waals surface area contributed by atoms with Crippen LogP contribution in [-0.2, 0) is 13.0 Å². The van der Waals surface area contributed by atoms with Crippen LogP contribution in [-0.4, -0.2) is 21.9 Å². The van der Waals surface area contributed by atoms with E-state index in [-0.39, 0.29) is 5.78 Å². The van der Waals surface area contributed by atoms with Crippen LogP contribution in [0.15, 0.2) is 36.8 Å². The van der Waals surface area contributed by atoms with Crippen molar-refractivity contribution >= 4 is 17.4 Å². The number of carbonyl (C=O) groups is 1. The quantitative estimate of drug-likeness (QED) is 0.839. The van der Waals surface area contributed by atoms with Crippen LogP contribution in [0.3, 0.4) is 0 Å². The molecule has 94 valence electrons. The first-order chi connectivity index (χ1) is 8.69. The summed E-state index contributed by atoms with van der Waals surface area (Å²) in [5.41, 5.74) is 6.84. The molecular formula is C13H14ClN3O. The fourth-order valence-electron chi connectivity index (χ4n) is 1.65. The topological polar surface area (TPSA) is 60.9 Å². The molecule has 0 spiro atoms. The van der Waals surface area contributed by atoms with Crippen molar-refractivity contribution in [3.8, 4) is 0 Å². The van der Waals surface area contributed by atoms with Gasteiger partial charge in [0.2, 0.25) is 0 Å². The highest BCUT2D eigenvalue weighted by molar-refractivity contribution is 6.30. The predicted octanol–water partition coefficient (Wildman–Crippen LogP) is 1.92. The van der Waals surface area contributed by atoms with E-state index in [4.69, 9.17) is 17.3 Å². The molecule has 2 aromatic rings. The van der Waals surface area contributed by atoms with Crippen LogP contribution in [0.5, 0.6) is 0 Å². The van der Waals surface area contributed by atoms with Gasteiger partial charge in [0.15, 0.2) is 5.78 Å². The van der Waals surface area contributed by atoms with Crippen molar-refractivity contribution in [2.75, 3.05) is 6.54 Å². The van der Waals surface area contributed by atoms with Crippen molar-refractivity contribution in [1.29, 1.82) is 0 Å². The minimum absolute atomic E-state index is 0.00639. The van der Waals surface area contributed by atoms with Gasteiger partial charge in [-0.3, -0.25) is 4.79 Å². The Morgan fingerprint density at radius 3 is 2.72 bits per heavy atom. The summed E-state index contributed by atoms with van der Waals surface area (Å²) in [4.78, 5) is 16.1. The second-order valence-electron chi connectivity index (χ2n) is 4.01. The summed E-state index contributed by atoms with van der Waals surface area (Å²) in [6.07, 6.45) is 3.68. The molecule has 2 N–H and O–H groups in total. The number of benzene rings is 1. The number of nitrogens with two attached hydrogens (primary N) is 1. The van der Waals surface area contributed by atoms with Gasteiger partial charge in [0.05, 0.1) is 6.33 Å². The Morgan fingerprint density at radius 2 is 2.06 bits per heavy atom. The Balaban J connectivity index is 2.04. The van der Waals surface area contributed by atoms with E-state index in [9.17, 15) is 4.79 Å². The Morgan fingerprint density at radius 1 is 1.33 bits per heavy atom. The van der Waals surface area contributed by atoms with Crippen molar-refractivity contribution in [3.63, 3.8) is 0 Å². The molecule has 0 fully saturated rings. The molecule has 0 saturated heterocycles. The summed E-state index contributed by atoms with van der Waals surface area (Å²) < 4.78 is 1.81. The standard InChI is InChI=1S/C13H14ClN3O/c14-11-3-1-10(2-4-11)7-13(18)12-8-17(6-5-15)9-16-12/h1-4,8-9H,5-7,15H2. The third kappa shape index (κ3) is 3.18. The fraction of sp³-hybridized carbons (Fsp3) is 0.231. The Labute approximate surface area is 110 Å². The summed E-state index contributed by atoms with van der Waals surface area (Å²) in [6, 6.07) is 7.24. The molecule has 0 aliphatic carbocycles. The Hall–Kier alpha value is -1.65. The lowest BCUT2D eigenvalue weighted by Crippen LogP contribution is -2.08. The lowest BCUT2D eigenvalue weighted by atomic mass is 10.1. The van der Waals surface area contributed by atoms with E-state index in [1.54, 1.807) is 24.7 Å². The van der Waals surface area contributed by atoms with Gasteiger partial charge in [0.1, 0.15) is 5.69 Å². The number of ketones is 1. The minimum Gasteiger partial charge on any atom is -0.335 e. The molecule has 1 aromatic carbocycles. The molecule has 1 heterocycles. The Bertz CT molecular complexity index is 533. The van der Waals surface area contributed by atoms with Gasteiger partial charge in [-0.25, -0.2) is 4.98 Å². The zero-order valence-corrected chi connectivity index (χ0v) is 10.6. The molecule has 0 bridgehead atoms. The fourth-order valence-corrected chi connectivity index (χ4v) is 1.78. The third-order valence-electron chi connectivity index (χ3n) is 2.58. The number of Topliss-reactive ketones (excluding diaryl/α,β-unsaturated/α-hetero) is 1. The third-order valence-corrected chi connectivity index (χ3v) is 2.84. The summed E-state index contributed by atoms with van der Waals surface area (Å²) in [7, 11) is 0. The summed E-state index contributed by atoms with van der Waals surface area (Å²) in [6.45, 7) is 1.20. The highest BCUT2D eigenvalue weighted by Crippen LogP contribution is 2.11. The molecule has 0 amide bonds. The molecule has 0 radical (unpaired) electrons. The number of hydrogen-bond acceptors (Lipinski definition) is 3. The monoisotopic (exact) mass is 263 g/mol. The molecule has 5 heteroatoms. The number of carbonyl (C=O) groups excluding carboxylic acids is 1. The van der Waals surface area contributed by atoms with Gasteiger partial charge >= 0.3 is 0 Å². The summed E-state index contributed by atoms with van der Waals surface area (Å²) in [5, 5.41) is 0.665. The Kier molecular flexibility index (Phi) is 4.12. The lowest BCUT2D eigenvalue weighted by molar-refractivity contribution is 0.0988. The molecule has 0 saturated carbocycles. The largest absolute Gasteiger partial charge is 0.335 e. The highest BCUT2D eigenvalue weighted by atomic mass is 35.5. The first-order valence-corrected chi connectivity index (χ1v) is 6.06. The van der Waals surface area contributed by atoms with Gasteiger partial charge < -0.3 is 10.3 Å². The molecule has 2 rings (SSSR count). The molecule has 0 unspecified atom stereocenters. The van der Waals surface area contributed by atoms with Crippen LogP contribution in [0.2, 0.25) is 5.02 Å². The number of aromatic nitrogens is 2. The van der Waals surface area contributed by atoms with E-state index < -0.39 is 0 Å². The van der Waals surface area contributed by atoms with Crippen molar-refractivity contribution < 1.29 is 4.79 Å². The number of hydrogen-bond donors (Lipinski definition) is 1. The molecule has 0 aliphatic heterocycles. The van der Waals surface area contributed by atoms with E-state index >= 15 is 0 Å². The SMILES string of the molecule is NCCn1cnc(C(=O)Cc2ccc(Cl)cc2)c1. The van der Waals surface area contributed by atoms with Crippen LogP contribution < -0.4 is 5.73 Å². The van der Waals surface area contributed by atoms with Crippen LogP contribution in [0.1, 0.15) is 16.1 Å². The van der Waals surface area contributed by atoms with E-state index in [1.165, 1.54) is 0 Å². The molecule has 0 atom stereocenters. The average Bonchev–Trinajstić information content (AvgIpc) is 2.81. The average molecular weight is 264 g/mol. The highest BCUT2D eigenvalue weighted by Gasteiger charge is 2.10. The second kappa shape index (κ2) is 5.80. The first-order valence-electron chi connectivity index (χ1n) is 5.68. The predicted molar refractivity (Wildman–Crippen MR) is 70.8 cm³/mol. The van der Waals surface area contributed by atoms with E-state index in [2.05, 4.69) is 4.98 Å². The first kappa shape index (κ1) is 12.8. The van der Waals surface area contributed by atoms with E-state index in [0.29, 0.717) is 30.2 Å². The smallest absolute Gasteiger partial charge is 0.187 e. The van der Waals surface area contributed by atoms with E-state index in [1.807, 2.05) is 16.7 Å². The molecule has 4 nitrogen and oxygen atoms in total. The van der Waals surface area contributed by atoms with Gasteiger partial charge in [-0.2, -0.15) is 0 Å². The van der Waals surface area contributed by atoms with Crippen molar-refractivity contribution in [3.05, 3.63) is 53.1 Å². The number of rotatable bonds is 5. The zero-order valence-electron chi connectivity index (χ0n) is 9.84. The maximum atomic E-state index is 12.0. The van der Waals surface area contributed by atoms with Crippen molar-refractivity contribution in [2.45, 2.75) is 13.0 Å². The lowest BCUT2D eigenvalue weighted by Gasteiger charge is -1.99. The van der Waals surface area contributed by atoms with Crippen LogP contribution >= 0.6 is 11.6 Å². The molecule has 0 aliphatic rings. The number of halogens is 1. The van der Waals surface area contributed by atoms with Crippen LogP contribution in [0.25, 0.3) is 0 Å². The molecular weight excluding hydrogens is 250 g/mol. The van der Waals surface area contributed by atoms with Gasteiger partial charge in [-0.15, -0.1) is 0 Å². The molecule has 1 aromatic heterocycles. The van der Waals surface area contributed by atoms with Gasteiger partial charge in [0, 0.05) is 30.7 Å². The summed E-state index contributed by atoms with van der Waals surface area (Å²) >= 11 is 5.79. The van der Waals surface area contributed by atoms with Crippen molar-refractivity contribution in [1.82, 2.24) is 9.55 Å². The number of nitrogens with zero attached hydrogens (tertiary/aromatic N) is 2. The maximum absolute atomic E-state index is 12.0. The normalized spacial score (nSPS) is 10.6. The second-order valence-corrected chi connectivity index (χ2v) is 4.45. The van der Waals surface area contributed by atoms with Crippen LogP contribution in [0, 0.1) is 0 Å². The summed E-state index contributed by atoms with van der Waals surface area (Å²) in [5.74, 6) is -0.00639. The zero-order chi connectivity index (χ0) is 13.0. The van der Waals surface area contributed by atoms with E-state index in [0.717, 1.165) is 5.56 Å². The van der Waals surface area contributed by atoms with Crippen LogP contribution in [0.4, 0.5) is 0 Å². The van der Waals surface area contributed by atoms with Crippen molar-refractivity contribution in [2.24, 2.45) is 5.73 Å². The van der Waals surface area contributed by atoms with Gasteiger partial charge in [-0.05, 0) is 17.7 Å². The minimum atomic E-state index is -0.00639. The number of imidazole rings is 1. The van der Waals surface area contributed by atoms with Gasteiger partial charge in [0.25, 0.3) is 0 Å².